The van der Waals surface area contributed by atoms with Gasteiger partial charge in [-0.3, -0.25) is 0 Å². The highest BCUT2D eigenvalue weighted by molar-refractivity contribution is 5.79. The zero-order valence-corrected chi connectivity index (χ0v) is 25.8. The number of aliphatic carboxylic acids is 1. The number of alkyl carbamates (subject to hydrolysis) is 1. The molecule has 7 atom stereocenters. The van der Waals surface area contributed by atoms with E-state index >= 15 is 0 Å². The van der Waals surface area contributed by atoms with E-state index in [2.05, 4.69) is 17.4 Å². The average molecular weight is 618 g/mol. The van der Waals surface area contributed by atoms with Crippen LogP contribution in [0.1, 0.15) is 56.6 Å². The summed E-state index contributed by atoms with van der Waals surface area (Å²) in [6.45, 7) is 7.27. The fourth-order valence-electron chi connectivity index (χ4n) is 6.19. The predicted octanol–water partition coefficient (Wildman–Crippen LogP) is 5.41. The number of nitrogens with one attached hydrogen (secondary N) is 1. The zero-order valence-electron chi connectivity index (χ0n) is 25.8. The normalized spacial score (nSPS) is 26.7. The molecule has 3 aliphatic rings. The van der Waals surface area contributed by atoms with Gasteiger partial charge < -0.3 is 38.8 Å². The van der Waals surface area contributed by atoms with Crippen molar-refractivity contribution in [3.05, 3.63) is 95.6 Å². The molecule has 1 unspecified atom stereocenters. The van der Waals surface area contributed by atoms with Crippen molar-refractivity contribution in [2.45, 2.75) is 82.3 Å². The lowest BCUT2D eigenvalue weighted by Gasteiger charge is -2.50. The summed E-state index contributed by atoms with van der Waals surface area (Å²) in [6, 6.07) is 24.6. The van der Waals surface area contributed by atoms with Gasteiger partial charge in [0.05, 0.1) is 12.2 Å². The quantitative estimate of drug-likeness (QED) is 0.342. The van der Waals surface area contributed by atoms with Crippen LogP contribution >= 0.6 is 0 Å². The van der Waals surface area contributed by atoms with E-state index in [0.717, 1.165) is 27.8 Å². The fraction of sp³-hybridized carbons (Fsp3) is 0.429. The summed E-state index contributed by atoms with van der Waals surface area (Å²) in [7, 11) is 0. The third-order valence-corrected chi connectivity index (χ3v) is 8.22. The molecule has 2 saturated heterocycles. The molecule has 6 rings (SSSR count). The van der Waals surface area contributed by atoms with Crippen LogP contribution in [0, 0.1) is 0 Å². The van der Waals surface area contributed by atoms with Gasteiger partial charge in [0.2, 0.25) is 0 Å². The Labute approximate surface area is 262 Å². The molecule has 2 fully saturated rings. The van der Waals surface area contributed by atoms with E-state index in [9.17, 15) is 14.7 Å². The number of fused-ring (bicyclic) bond motifs is 4. The molecule has 0 spiro atoms. The van der Waals surface area contributed by atoms with Gasteiger partial charge in [0, 0.05) is 11.5 Å². The first-order chi connectivity index (χ1) is 21.6. The van der Waals surface area contributed by atoms with Crippen molar-refractivity contribution in [2.24, 2.45) is 0 Å². The van der Waals surface area contributed by atoms with Crippen LogP contribution in [-0.2, 0) is 33.2 Å². The minimum absolute atomic E-state index is 0.0990. The van der Waals surface area contributed by atoms with Crippen LogP contribution in [0.3, 0.4) is 0 Å². The Morgan fingerprint density at radius 1 is 0.933 bits per heavy atom. The van der Waals surface area contributed by atoms with Crippen LogP contribution in [0.2, 0.25) is 0 Å². The summed E-state index contributed by atoms with van der Waals surface area (Å²) < 4.78 is 36.9. The molecule has 10 heteroatoms. The molecule has 1 amide bonds. The largest absolute Gasteiger partial charge is 0.479 e. The van der Waals surface area contributed by atoms with Gasteiger partial charge in [0.15, 0.2) is 18.7 Å². The van der Waals surface area contributed by atoms with Crippen molar-refractivity contribution in [1.29, 1.82) is 0 Å². The SMILES string of the molecule is C[C@@H](O[C@@H]1[C@@H](NC(=O)OCC2c3ccccc3-c3ccccc32)[C@@H](OC(C)(C)C)O[C@@H]2COC(c3ccccc3)O[C@@H]12)C(=O)O. The van der Waals surface area contributed by atoms with Crippen molar-refractivity contribution >= 4 is 12.1 Å². The molecule has 238 valence electrons. The summed E-state index contributed by atoms with van der Waals surface area (Å²) in [5.41, 5.74) is 4.52. The number of amides is 1. The van der Waals surface area contributed by atoms with Gasteiger partial charge in [0.1, 0.15) is 31.0 Å². The van der Waals surface area contributed by atoms with E-state index in [0.29, 0.717) is 0 Å². The number of carbonyl (C=O) groups excluding carboxylic acids is 1. The first-order valence-corrected chi connectivity index (χ1v) is 15.2. The fourth-order valence-corrected chi connectivity index (χ4v) is 6.19. The summed E-state index contributed by atoms with van der Waals surface area (Å²) in [5, 5.41) is 12.7. The van der Waals surface area contributed by atoms with Gasteiger partial charge in [-0.15, -0.1) is 0 Å². The first-order valence-electron chi connectivity index (χ1n) is 15.2. The molecule has 0 saturated carbocycles. The number of rotatable bonds is 8. The van der Waals surface area contributed by atoms with Crippen LogP contribution in [0.4, 0.5) is 4.79 Å². The zero-order chi connectivity index (χ0) is 31.7. The summed E-state index contributed by atoms with van der Waals surface area (Å²) >= 11 is 0. The Morgan fingerprint density at radius 3 is 2.18 bits per heavy atom. The standard InChI is InChI=1S/C35H39NO9/c1-20(31(37)38)42-30-28(36-34(39)41-18-26-24-16-10-8-14-22(24)23-15-9-11-17-25(23)26)33(45-35(2,3)4)43-27-19-40-32(44-29(27)30)21-12-6-5-7-13-21/h5-17,20,26-30,32-33H,18-19H2,1-4H3,(H,36,39)(H,37,38)/t20-,27-,28-,29-,30-,32?,33-/m1/s1. The van der Waals surface area contributed by atoms with Gasteiger partial charge in [-0.25, -0.2) is 9.59 Å². The molecule has 0 bridgehead atoms. The van der Waals surface area contributed by atoms with E-state index in [-0.39, 0.29) is 19.1 Å². The smallest absolute Gasteiger partial charge is 0.407 e. The molecular formula is C35H39NO9. The average Bonchev–Trinajstić information content (AvgIpc) is 3.34. The summed E-state index contributed by atoms with van der Waals surface area (Å²) in [4.78, 5) is 25.5. The molecule has 0 aromatic heterocycles. The molecule has 3 aromatic rings. The van der Waals surface area contributed by atoms with Gasteiger partial charge in [-0.05, 0) is 49.9 Å². The van der Waals surface area contributed by atoms with Crippen molar-refractivity contribution in [3.8, 4) is 11.1 Å². The van der Waals surface area contributed by atoms with E-state index in [1.165, 1.54) is 6.92 Å². The van der Waals surface area contributed by atoms with Crippen LogP contribution in [0.15, 0.2) is 78.9 Å². The van der Waals surface area contributed by atoms with E-state index in [1.54, 1.807) is 0 Å². The van der Waals surface area contributed by atoms with E-state index in [1.807, 2.05) is 87.5 Å². The molecule has 2 aliphatic heterocycles. The third kappa shape index (κ3) is 6.75. The number of carbonyl (C=O) groups is 2. The molecule has 10 nitrogen and oxygen atoms in total. The van der Waals surface area contributed by atoms with Crippen LogP contribution in [-0.4, -0.2) is 72.7 Å². The summed E-state index contributed by atoms with van der Waals surface area (Å²) in [6.07, 6.45) is -6.09. The van der Waals surface area contributed by atoms with E-state index < -0.39 is 60.7 Å². The lowest BCUT2D eigenvalue weighted by molar-refractivity contribution is -0.359. The van der Waals surface area contributed by atoms with Crippen molar-refractivity contribution in [3.63, 3.8) is 0 Å². The molecule has 3 aromatic carbocycles. The minimum Gasteiger partial charge on any atom is -0.479 e. The molecule has 2 heterocycles. The molecule has 2 N–H and O–H groups in total. The molecule has 0 radical (unpaired) electrons. The molecular weight excluding hydrogens is 578 g/mol. The summed E-state index contributed by atoms with van der Waals surface area (Å²) in [5.74, 6) is -1.29. The highest BCUT2D eigenvalue weighted by Crippen LogP contribution is 2.44. The maximum Gasteiger partial charge on any atom is 0.407 e. The second-order valence-electron chi connectivity index (χ2n) is 12.5. The number of hydrogen-bond acceptors (Lipinski definition) is 8. The van der Waals surface area contributed by atoms with Crippen molar-refractivity contribution in [1.82, 2.24) is 5.32 Å². The number of ether oxygens (including phenoxy) is 6. The topological polar surface area (TPSA) is 122 Å². The second kappa shape index (κ2) is 12.9. The van der Waals surface area contributed by atoms with Gasteiger partial charge in [0.25, 0.3) is 0 Å². The van der Waals surface area contributed by atoms with Crippen LogP contribution < -0.4 is 5.32 Å². The van der Waals surface area contributed by atoms with Crippen LogP contribution in [0.5, 0.6) is 0 Å². The molecule has 1 aliphatic carbocycles. The Bertz CT molecular complexity index is 1460. The Morgan fingerprint density at radius 2 is 1.56 bits per heavy atom. The van der Waals surface area contributed by atoms with Gasteiger partial charge in [-0.1, -0.05) is 78.9 Å². The highest BCUT2D eigenvalue weighted by Gasteiger charge is 2.53. The number of benzene rings is 3. The Hall–Kier alpha value is -3.80. The van der Waals surface area contributed by atoms with Crippen molar-refractivity contribution in [2.75, 3.05) is 13.2 Å². The lowest BCUT2D eigenvalue weighted by atomic mass is 9.94. The second-order valence-corrected chi connectivity index (χ2v) is 12.5. The first kappa shape index (κ1) is 31.2. The maximum absolute atomic E-state index is 13.5. The van der Waals surface area contributed by atoms with E-state index in [4.69, 9.17) is 28.4 Å². The maximum atomic E-state index is 13.5. The molecule has 45 heavy (non-hydrogen) atoms. The number of hydrogen-bond donors (Lipinski definition) is 2. The lowest BCUT2D eigenvalue weighted by Crippen LogP contribution is -2.68. The predicted molar refractivity (Wildman–Crippen MR) is 163 cm³/mol. The Balaban J connectivity index is 1.25. The monoisotopic (exact) mass is 617 g/mol. The Kier molecular flexibility index (Phi) is 8.94. The van der Waals surface area contributed by atoms with Gasteiger partial charge in [-0.2, -0.15) is 0 Å². The van der Waals surface area contributed by atoms with Crippen LogP contribution in [0.25, 0.3) is 11.1 Å². The van der Waals surface area contributed by atoms with Crippen molar-refractivity contribution < 1.29 is 43.1 Å². The van der Waals surface area contributed by atoms with Gasteiger partial charge >= 0.3 is 12.1 Å². The number of carboxylic acids is 1. The number of carboxylic acid groups (broad SMARTS) is 1. The third-order valence-electron chi connectivity index (χ3n) is 8.22. The highest BCUT2D eigenvalue weighted by atomic mass is 16.8. The minimum atomic E-state index is -1.21.